The van der Waals surface area contributed by atoms with Crippen LogP contribution in [-0.4, -0.2) is 39.1 Å². The molecule has 0 aliphatic carbocycles. The molecule has 0 aliphatic heterocycles. The second-order valence-corrected chi connectivity index (χ2v) is 6.33. The van der Waals surface area contributed by atoms with Gasteiger partial charge in [0.2, 0.25) is 5.91 Å². The fourth-order valence-electron chi connectivity index (χ4n) is 2.38. The van der Waals surface area contributed by atoms with Crippen LogP contribution in [0.4, 0.5) is 0 Å². The van der Waals surface area contributed by atoms with E-state index in [1.807, 2.05) is 31.2 Å². The summed E-state index contributed by atoms with van der Waals surface area (Å²) in [7, 11) is 1.61. The summed E-state index contributed by atoms with van der Waals surface area (Å²) < 4.78 is 22.3. The van der Waals surface area contributed by atoms with Crippen molar-refractivity contribution < 1.29 is 23.7 Å². The van der Waals surface area contributed by atoms with Crippen LogP contribution in [0.5, 0.6) is 23.0 Å². The maximum Gasteiger partial charge on any atom is 0.236 e. The molecule has 0 atom stereocenters. The average Bonchev–Trinajstić information content (AvgIpc) is 2.69. The number of benzene rings is 2. The lowest BCUT2D eigenvalue weighted by Crippen LogP contribution is -2.12. The highest BCUT2D eigenvalue weighted by molar-refractivity contribution is 6.32. The molecule has 0 saturated carbocycles. The number of halogens is 1. The third-order valence-electron chi connectivity index (χ3n) is 3.61. The number of carbonyl (C=O) groups is 1. The predicted molar refractivity (Wildman–Crippen MR) is 113 cm³/mol. The second kappa shape index (κ2) is 11.8. The van der Waals surface area contributed by atoms with Gasteiger partial charge < -0.3 is 18.9 Å². The Balaban J connectivity index is 1.92. The van der Waals surface area contributed by atoms with Crippen molar-refractivity contribution in [2.24, 2.45) is 5.10 Å². The third-order valence-corrected chi connectivity index (χ3v) is 3.89. The van der Waals surface area contributed by atoms with Crippen molar-refractivity contribution >= 4 is 23.7 Å². The van der Waals surface area contributed by atoms with Crippen molar-refractivity contribution in [2.75, 3.05) is 26.9 Å². The lowest BCUT2D eigenvalue weighted by molar-refractivity contribution is -0.118. The van der Waals surface area contributed by atoms with Crippen LogP contribution >= 0.6 is 11.6 Å². The molecule has 0 radical (unpaired) electrons. The quantitative estimate of drug-likeness (QED) is 0.337. The number of amides is 1. The zero-order chi connectivity index (χ0) is 21.1. The normalized spacial score (nSPS) is 10.6. The first kappa shape index (κ1) is 22.4. The van der Waals surface area contributed by atoms with Gasteiger partial charge in [-0.3, -0.25) is 4.79 Å². The largest absolute Gasteiger partial charge is 0.497 e. The highest BCUT2D eigenvalue weighted by Gasteiger charge is 2.12. The number of hydrogen-bond acceptors (Lipinski definition) is 6. The van der Waals surface area contributed by atoms with Crippen molar-refractivity contribution in [1.82, 2.24) is 5.43 Å². The van der Waals surface area contributed by atoms with Crippen LogP contribution in [0.15, 0.2) is 41.5 Å². The Morgan fingerprint density at radius 3 is 2.62 bits per heavy atom. The minimum atomic E-state index is -0.256. The van der Waals surface area contributed by atoms with Crippen LogP contribution in [0.2, 0.25) is 5.02 Å². The van der Waals surface area contributed by atoms with Gasteiger partial charge in [0.25, 0.3) is 0 Å². The van der Waals surface area contributed by atoms with E-state index in [4.69, 9.17) is 30.5 Å². The monoisotopic (exact) mass is 420 g/mol. The van der Waals surface area contributed by atoms with Gasteiger partial charge in [0.1, 0.15) is 11.5 Å². The Morgan fingerprint density at radius 2 is 1.90 bits per heavy atom. The Kier molecular flexibility index (Phi) is 9.11. The summed E-state index contributed by atoms with van der Waals surface area (Å²) in [6, 6.07) is 10.9. The van der Waals surface area contributed by atoms with Crippen LogP contribution in [0.3, 0.4) is 0 Å². The van der Waals surface area contributed by atoms with Crippen molar-refractivity contribution in [3.63, 3.8) is 0 Å². The summed E-state index contributed by atoms with van der Waals surface area (Å²) in [5.41, 5.74) is 3.02. The fraction of sp³-hybridized carbons (Fsp3) is 0.333. The van der Waals surface area contributed by atoms with E-state index in [1.165, 1.54) is 13.1 Å². The molecule has 0 spiro atoms. The molecule has 0 aliphatic rings. The third kappa shape index (κ3) is 7.54. The van der Waals surface area contributed by atoms with Gasteiger partial charge in [0.05, 0.1) is 38.2 Å². The topological polar surface area (TPSA) is 78.4 Å². The molecule has 0 unspecified atom stereocenters. The Morgan fingerprint density at radius 1 is 1.14 bits per heavy atom. The van der Waals surface area contributed by atoms with E-state index in [9.17, 15) is 4.79 Å². The van der Waals surface area contributed by atoms with Crippen molar-refractivity contribution in [1.29, 1.82) is 0 Å². The SMILES string of the molecule is CCOc1cc(/C=N/NC(C)=O)cc(Cl)c1OCCCOc1cccc(OC)c1. The van der Waals surface area contributed by atoms with E-state index in [-0.39, 0.29) is 5.91 Å². The summed E-state index contributed by atoms with van der Waals surface area (Å²) in [4.78, 5) is 10.9. The fourth-order valence-corrected chi connectivity index (χ4v) is 2.65. The maximum absolute atomic E-state index is 10.9. The molecule has 29 heavy (non-hydrogen) atoms. The molecule has 8 heteroatoms. The van der Waals surface area contributed by atoms with Gasteiger partial charge in [0.15, 0.2) is 11.5 Å². The second-order valence-electron chi connectivity index (χ2n) is 5.92. The summed E-state index contributed by atoms with van der Waals surface area (Å²) in [5, 5.41) is 4.23. The van der Waals surface area contributed by atoms with Gasteiger partial charge in [-0.1, -0.05) is 17.7 Å². The average molecular weight is 421 g/mol. The van der Waals surface area contributed by atoms with Crippen molar-refractivity contribution in [2.45, 2.75) is 20.3 Å². The molecular formula is C21H25ClN2O5. The summed E-state index contributed by atoms with van der Waals surface area (Å²) in [6.07, 6.45) is 2.15. The molecule has 2 aromatic carbocycles. The first-order chi connectivity index (χ1) is 14.0. The minimum absolute atomic E-state index is 0.256. The van der Waals surface area contributed by atoms with Gasteiger partial charge in [-0.05, 0) is 36.8 Å². The molecule has 0 fully saturated rings. The number of carbonyl (C=O) groups excluding carboxylic acids is 1. The van der Waals surface area contributed by atoms with Crippen molar-refractivity contribution in [3.05, 3.63) is 47.0 Å². The van der Waals surface area contributed by atoms with E-state index < -0.39 is 0 Å². The lowest BCUT2D eigenvalue weighted by atomic mass is 10.2. The maximum atomic E-state index is 10.9. The van der Waals surface area contributed by atoms with Crippen molar-refractivity contribution in [3.8, 4) is 23.0 Å². The molecule has 1 amide bonds. The minimum Gasteiger partial charge on any atom is -0.497 e. The molecule has 2 rings (SSSR count). The first-order valence-corrected chi connectivity index (χ1v) is 9.57. The number of rotatable bonds is 11. The highest BCUT2D eigenvalue weighted by atomic mass is 35.5. The number of nitrogens with zero attached hydrogens (tertiary/aromatic N) is 1. The number of hydrazone groups is 1. The van der Waals surface area contributed by atoms with Gasteiger partial charge in [0, 0.05) is 19.4 Å². The molecule has 0 aromatic heterocycles. The van der Waals surface area contributed by atoms with Crippen LogP contribution < -0.4 is 24.4 Å². The number of nitrogens with one attached hydrogen (secondary N) is 1. The smallest absolute Gasteiger partial charge is 0.236 e. The number of methoxy groups -OCH3 is 1. The van der Waals surface area contributed by atoms with Gasteiger partial charge >= 0.3 is 0 Å². The zero-order valence-electron chi connectivity index (χ0n) is 16.7. The Bertz CT molecular complexity index is 842. The highest BCUT2D eigenvalue weighted by Crippen LogP contribution is 2.36. The lowest BCUT2D eigenvalue weighted by Gasteiger charge is -2.14. The van der Waals surface area contributed by atoms with Crippen LogP contribution in [0.1, 0.15) is 25.8 Å². The molecule has 7 nitrogen and oxygen atoms in total. The molecule has 156 valence electrons. The molecule has 2 aromatic rings. The van der Waals surface area contributed by atoms with Gasteiger partial charge in [-0.2, -0.15) is 5.10 Å². The van der Waals surface area contributed by atoms with Crippen LogP contribution in [0, 0.1) is 0 Å². The van der Waals surface area contributed by atoms with E-state index in [0.29, 0.717) is 48.3 Å². The Hall–Kier alpha value is -2.93. The number of ether oxygens (including phenoxy) is 4. The molecule has 0 saturated heterocycles. The molecule has 1 N–H and O–H groups in total. The van der Waals surface area contributed by atoms with E-state index >= 15 is 0 Å². The summed E-state index contributed by atoms with van der Waals surface area (Å²) in [5.74, 6) is 2.20. The first-order valence-electron chi connectivity index (χ1n) is 9.19. The van der Waals surface area contributed by atoms with Gasteiger partial charge in [-0.15, -0.1) is 0 Å². The van der Waals surface area contributed by atoms with Gasteiger partial charge in [-0.25, -0.2) is 5.43 Å². The zero-order valence-corrected chi connectivity index (χ0v) is 17.5. The standard InChI is InChI=1S/C21H25ClN2O5/c1-4-27-20-12-16(14-23-24-15(2)25)11-19(22)21(20)29-10-6-9-28-18-8-5-7-17(13-18)26-3/h5,7-8,11-14H,4,6,9-10H2,1-3H3,(H,24,25)/b23-14+. The predicted octanol–water partition coefficient (Wildman–Crippen LogP) is 4.07. The number of hydrogen-bond donors (Lipinski definition) is 1. The molecule has 0 heterocycles. The van der Waals surface area contributed by atoms with E-state index in [2.05, 4.69) is 10.5 Å². The van der Waals surface area contributed by atoms with E-state index in [1.54, 1.807) is 19.2 Å². The Labute approximate surface area is 175 Å². The van der Waals surface area contributed by atoms with E-state index in [0.717, 1.165) is 11.5 Å². The molecule has 0 bridgehead atoms. The van der Waals surface area contributed by atoms with Crippen LogP contribution in [-0.2, 0) is 4.79 Å². The summed E-state index contributed by atoms with van der Waals surface area (Å²) in [6.45, 7) is 4.60. The van der Waals surface area contributed by atoms with Crippen LogP contribution in [0.25, 0.3) is 0 Å². The molecular weight excluding hydrogens is 396 g/mol. The summed E-state index contributed by atoms with van der Waals surface area (Å²) >= 11 is 6.35.